The van der Waals surface area contributed by atoms with Crippen molar-refractivity contribution in [2.45, 2.75) is 6.92 Å². The molecule has 0 unspecified atom stereocenters. The summed E-state index contributed by atoms with van der Waals surface area (Å²) in [4.78, 5) is 34.6. The molecular weight excluding hydrogens is 306 g/mol. The van der Waals surface area contributed by atoms with Crippen molar-refractivity contribution in [1.29, 1.82) is 0 Å². The van der Waals surface area contributed by atoms with Crippen LogP contribution in [0.1, 0.15) is 27.6 Å². The lowest BCUT2D eigenvalue weighted by molar-refractivity contribution is 0.0517. The second-order valence-electron chi connectivity index (χ2n) is 4.47. The Hall–Kier alpha value is -3.29. The van der Waals surface area contributed by atoms with Gasteiger partial charge in [0.25, 0.3) is 5.56 Å². The number of aromatic nitrogens is 1. The summed E-state index contributed by atoms with van der Waals surface area (Å²) in [5.41, 5.74) is -1.22. The van der Waals surface area contributed by atoms with E-state index in [9.17, 15) is 24.6 Å². The van der Waals surface area contributed by atoms with Crippen molar-refractivity contribution in [2.75, 3.05) is 6.61 Å². The number of aromatic hydroxyl groups is 2. The fraction of sp³-hybridized carbons (Fsp3) is 0.133. The van der Waals surface area contributed by atoms with E-state index in [1.54, 1.807) is 6.92 Å². The van der Waals surface area contributed by atoms with Crippen molar-refractivity contribution in [3.63, 3.8) is 0 Å². The molecule has 0 atom stereocenters. The van der Waals surface area contributed by atoms with E-state index >= 15 is 0 Å². The molecule has 0 bridgehead atoms. The zero-order chi connectivity index (χ0) is 17.1. The van der Waals surface area contributed by atoms with Crippen LogP contribution in [0.2, 0.25) is 0 Å². The minimum atomic E-state index is -1.15. The van der Waals surface area contributed by atoms with Crippen molar-refractivity contribution in [1.82, 2.24) is 4.57 Å². The van der Waals surface area contributed by atoms with Gasteiger partial charge in [-0.25, -0.2) is 14.2 Å². The lowest BCUT2D eigenvalue weighted by Gasteiger charge is -2.13. The first-order valence-corrected chi connectivity index (χ1v) is 6.55. The zero-order valence-corrected chi connectivity index (χ0v) is 12.0. The smallest absolute Gasteiger partial charge is 0.347 e. The van der Waals surface area contributed by atoms with Gasteiger partial charge in [-0.1, -0.05) is 0 Å². The number of benzene rings is 1. The maximum Gasteiger partial charge on any atom is 0.347 e. The van der Waals surface area contributed by atoms with Gasteiger partial charge in [0.2, 0.25) is 5.88 Å². The van der Waals surface area contributed by atoms with Gasteiger partial charge in [0.15, 0.2) is 5.56 Å². The fourth-order valence-corrected chi connectivity index (χ4v) is 1.99. The van der Waals surface area contributed by atoms with E-state index < -0.39 is 34.7 Å². The van der Waals surface area contributed by atoms with Gasteiger partial charge in [-0.3, -0.25) is 4.79 Å². The minimum absolute atomic E-state index is 0.00863. The first kappa shape index (κ1) is 16.1. The summed E-state index contributed by atoms with van der Waals surface area (Å²) in [5.74, 6) is -3.63. The van der Waals surface area contributed by atoms with Crippen LogP contribution in [0.3, 0.4) is 0 Å². The van der Waals surface area contributed by atoms with Crippen LogP contribution >= 0.6 is 0 Å². The maximum absolute atomic E-state index is 12.0. The quantitative estimate of drug-likeness (QED) is 0.721. The van der Waals surface area contributed by atoms with E-state index in [0.29, 0.717) is 0 Å². The maximum atomic E-state index is 12.0. The van der Waals surface area contributed by atoms with Gasteiger partial charge in [0.1, 0.15) is 5.75 Å². The molecule has 0 fully saturated rings. The van der Waals surface area contributed by atoms with E-state index in [4.69, 9.17) is 9.84 Å². The van der Waals surface area contributed by atoms with Gasteiger partial charge < -0.3 is 20.1 Å². The molecule has 1 aromatic heterocycles. The van der Waals surface area contributed by atoms with Crippen LogP contribution in [0, 0.1) is 0 Å². The summed E-state index contributed by atoms with van der Waals surface area (Å²) >= 11 is 0. The molecule has 3 N–H and O–H groups in total. The molecule has 8 nitrogen and oxygen atoms in total. The molecule has 0 spiro atoms. The van der Waals surface area contributed by atoms with Crippen LogP contribution in [0.25, 0.3) is 5.69 Å². The second-order valence-corrected chi connectivity index (χ2v) is 4.47. The van der Waals surface area contributed by atoms with Crippen molar-refractivity contribution < 1.29 is 29.6 Å². The lowest BCUT2D eigenvalue weighted by Crippen LogP contribution is -2.20. The lowest BCUT2D eigenvalue weighted by atomic mass is 10.2. The first-order valence-electron chi connectivity index (χ1n) is 6.55. The number of nitrogens with zero attached hydrogens (tertiary/aromatic N) is 1. The minimum Gasteiger partial charge on any atom is -0.507 e. The van der Waals surface area contributed by atoms with E-state index in [1.807, 2.05) is 0 Å². The van der Waals surface area contributed by atoms with E-state index in [1.165, 1.54) is 24.3 Å². The summed E-state index contributed by atoms with van der Waals surface area (Å²) < 4.78 is 5.48. The highest BCUT2D eigenvalue weighted by atomic mass is 16.5. The Balaban J connectivity index is 2.63. The molecule has 0 saturated heterocycles. The Bertz CT molecular complexity index is 821. The Kier molecular flexibility index (Phi) is 4.35. The number of aromatic carboxylic acids is 1. The standard InChI is InChI=1S/C15H13NO7/c1-2-23-15(22)12-10(17)7-11(18)16(13(12)19)9-5-3-8(4-6-9)14(20)21/h3-7,17,19H,2H2,1H3,(H,20,21). The number of carbonyl (C=O) groups is 2. The molecule has 23 heavy (non-hydrogen) atoms. The van der Waals surface area contributed by atoms with Crippen LogP contribution in [0.15, 0.2) is 35.1 Å². The summed E-state index contributed by atoms with van der Waals surface area (Å²) in [7, 11) is 0. The molecule has 0 radical (unpaired) electrons. The molecular formula is C15H13NO7. The molecule has 8 heteroatoms. The predicted molar refractivity (Wildman–Crippen MR) is 78.3 cm³/mol. The van der Waals surface area contributed by atoms with Gasteiger partial charge in [-0.2, -0.15) is 0 Å². The highest BCUT2D eigenvalue weighted by Gasteiger charge is 2.23. The number of carbonyl (C=O) groups excluding carboxylic acids is 1. The van der Waals surface area contributed by atoms with Gasteiger partial charge >= 0.3 is 11.9 Å². The Morgan fingerprint density at radius 1 is 1.17 bits per heavy atom. The largest absolute Gasteiger partial charge is 0.507 e. The van der Waals surface area contributed by atoms with Crippen LogP contribution in [0.4, 0.5) is 0 Å². The van der Waals surface area contributed by atoms with Crippen LogP contribution in [-0.4, -0.2) is 38.4 Å². The number of carboxylic acid groups (broad SMARTS) is 1. The average molecular weight is 319 g/mol. The summed E-state index contributed by atoms with van der Waals surface area (Å²) in [6.45, 7) is 1.57. The topological polar surface area (TPSA) is 126 Å². The number of carboxylic acids is 1. The average Bonchev–Trinajstić information content (AvgIpc) is 2.47. The normalized spacial score (nSPS) is 10.3. The molecule has 0 saturated carbocycles. The summed E-state index contributed by atoms with van der Waals surface area (Å²) in [6, 6.07) is 5.81. The third kappa shape index (κ3) is 3.00. The van der Waals surface area contributed by atoms with Crippen molar-refractivity contribution in [3.05, 3.63) is 51.8 Å². The number of hydrogen-bond donors (Lipinski definition) is 3. The molecule has 0 aliphatic carbocycles. The van der Waals surface area contributed by atoms with Gasteiger partial charge in [0.05, 0.1) is 17.9 Å². The van der Waals surface area contributed by atoms with Gasteiger partial charge in [-0.15, -0.1) is 0 Å². The number of ether oxygens (including phenoxy) is 1. The Morgan fingerprint density at radius 2 is 1.78 bits per heavy atom. The third-order valence-corrected chi connectivity index (χ3v) is 3.02. The van der Waals surface area contributed by atoms with E-state index in [-0.39, 0.29) is 17.9 Å². The molecule has 1 heterocycles. The Morgan fingerprint density at radius 3 is 2.30 bits per heavy atom. The number of pyridine rings is 1. The first-order chi connectivity index (χ1) is 10.9. The molecule has 0 aliphatic heterocycles. The third-order valence-electron chi connectivity index (χ3n) is 3.02. The molecule has 2 rings (SSSR count). The molecule has 0 aliphatic rings. The summed E-state index contributed by atoms with van der Waals surface area (Å²) in [5, 5.41) is 28.7. The second kappa shape index (κ2) is 6.22. The van der Waals surface area contributed by atoms with E-state index in [0.717, 1.165) is 10.6 Å². The van der Waals surface area contributed by atoms with Crippen molar-refractivity contribution >= 4 is 11.9 Å². The Labute approximate surface area is 129 Å². The molecule has 2 aromatic rings. The number of rotatable bonds is 4. The molecule has 1 aromatic carbocycles. The van der Waals surface area contributed by atoms with Crippen LogP contribution in [0.5, 0.6) is 11.6 Å². The van der Waals surface area contributed by atoms with Gasteiger partial charge in [-0.05, 0) is 31.2 Å². The SMILES string of the molecule is CCOC(=O)c1c(O)cc(=O)n(-c2ccc(C(=O)O)cc2)c1O. The molecule has 120 valence electrons. The van der Waals surface area contributed by atoms with E-state index in [2.05, 4.69) is 0 Å². The fourth-order valence-electron chi connectivity index (χ4n) is 1.99. The van der Waals surface area contributed by atoms with Crippen molar-refractivity contribution in [2.24, 2.45) is 0 Å². The van der Waals surface area contributed by atoms with Crippen LogP contribution < -0.4 is 5.56 Å². The highest BCUT2D eigenvalue weighted by molar-refractivity contribution is 5.95. The van der Waals surface area contributed by atoms with Gasteiger partial charge in [0, 0.05) is 6.07 Å². The summed E-state index contributed by atoms with van der Waals surface area (Å²) in [6.07, 6.45) is 0. The predicted octanol–water partition coefficient (Wildman–Crippen LogP) is 1.12. The number of hydrogen-bond acceptors (Lipinski definition) is 6. The monoisotopic (exact) mass is 319 g/mol. The zero-order valence-electron chi connectivity index (χ0n) is 12.0. The van der Waals surface area contributed by atoms with Crippen LogP contribution in [-0.2, 0) is 4.74 Å². The number of esters is 1. The van der Waals surface area contributed by atoms with Crippen molar-refractivity contribution in [3.8, 4) is 17.3 Å². The molecule has 0 amide bonds. The highest BCUT2D eigenvalue weighted by Crippen LogP contribution is 2.27.